The smallest absolute Gasteiger partial charge is 0.325 e. The summed E-state index contributed by atoms with van der Waals surface area (Å²) < 4.78 is 0. The molecular formula is C20H19ClN4O2S. The van der Waals surface area contributed by atoms with Crippen molar-refractivity contribution in [2.24, 2.45) is 0 Å². The van der Waals surface area contributed by atoms with E-state index in [9.17, 15) is 9.59 Å². The highest BCUT2D eigenvalue weighted by atomic mass is 35.5. The molecule has 3 aromatic rings. The van der Waals surface area contributed by atoms with Gasteiger partial charge in [-0.2, -0.15) is 0 Å². The number of benzene rings is 2. The summed E-state index contributed by atoms with van der Waals surface area (Å²) >= 11 is 7.16. The van der Waals surface area contributed by atoms with Gasteiger partial charge in [-0.25, -0.2) is 9.78 Å². The van der Waals surface area contributed by atoms with Crippen LogP contribution in [0.25, 0.3) is 0 Å². The molecule has 0 unspecified atom stereocenters. The third-order valence-corrected chi connectivity index (χ3v) is 4.91. The molecule has 2 aromatic carbocycles. The van der Waals surface area contributed by atoms with Crippen LogP contribution in [0.3, 0.4) is 0 Å². The minimum Gasteiger partial charge on any atom is -0.325 e. The van der Waals surface area contributed by atoms with Crippen molar-refractivity contribution in [2.45, 2.75) is 19.8 Å². The molecule has 0 aliphatic carbocycles. The van der Waals surface area contributed by atoms with Gasteiger partial charge in [0.1, 0.15) is 0 Å². The number of carbonyl (C=O) groups excluding carboxylic acids is 2. The summed E-state index contributed by atoms with van der Waals surface area (Å²) in [5.74, 6) is -0.152. The number of para-hydroxylation sites is 1. The summed E-state index contributed by atoms with van der Waals surface area (Å²) in [7, 11) is 0. The summed E-state index contributed by atoms with van der Waals surface area (Å²) in [6, 6.07) is 14.1. The number of aryl methyl sites for hydroxylation is 1. The third-order valence-electron chi connectivity index (χ3n) is 3.87. The Balaban J connectivity index is 1.55. The molecule has 28 heavy (non-hydrogen) atoms. The highest BCUT2D eigenvalue weighted by Gasteiger charge is 2.11. The SMILES string of the molecule is CCc1ccccc1NC(=O)Cc1csc(NC(=O)Nc2cccc(Cl)c2)n1. The number of urea groups is 1. The highest BCUT2D eigenvalue weighted by Crippen LogP contribution is 2.19. The van der Waals surface area contributed by atoms with E-state index in [1.165, 1.54) is 11.3 Å². The molecule has 0 spiro atoms. The summed E-state index contributed by atoms with van der Waals surface area (Å²) in [4.78, 5) is 28.6. The van der Waals surface area contributed by atoms with Gasteiger partial charge in [0, 0.05) is 21.8 Å². The molecule has 0 saturated carbocycles. The fourth-order valence-corrected chi connectivity index (χ4v) is 3.48. The molecule has 3 N–H and O–H groups in total. The van der Waals surface area contributed by atoms with Crippen LogP contribution >= 0.6 is 22.9 Å². The Kier molecular flexibility index (Phi) is 6.62. The molecule has 0 aliphatic rings. The zero-order valence-electron chi connectivity index (χ0n) is 15.2. The van der Waals surface area contributed by atoms with Crippen molar-refractivity contribution in [1.82, 2.24) is 4.98 Å². The molecule has 144 valence electrons. The Morgan fingerprint density at radius 2 is 1.89 bits per heavy atom. The standard InChI is InChI=1S/C20H19ClN4O2S/c1-2-13-6-3-4-9-17(13)24-18(26)11-16-12-28-20(23-16)25-19(27)22-15-8-5-7-14(21)10-15/h3-10,12H,2,11H2,1H3,(H,24,26)(H2,22,23,25,27). The first-order valence-electron chi connectivity index (χ1n) is 8.69. The minimum absolute atomic E-state index is 0.131. The third kappa shape index (κ3) is 5.55. The monoisotopic (exact) mass is 414 g/mol. The van der Waals surface area contributed by atoms with Crippen LogP contribution in [-0.2, 0) is 17.6 Å². The zero-order chi connectivity index (χ0) is 19.9. The van der Waals surface area contributed by atoms with E-state index in [4.69, 9.17) is 11.6 Å². The lowest BCUT2D eigenvalue weighted by Gasteiger charge is -2.08. The van der Waals surface area contributed by atoms with Gasteiger partial charge in [-0.3, -0.25) is 10.1 Å². The van der Waals surface area contributed by atoms with Crippen LogP contribution in [0.2, 0.25) is 5.02 Å². The van der Waals surface area contributed by atoms with Crippen molar-refractivity contribution < 1.29 is 9.59 Å². The van der Waals surface area contributed by atoms with Crippen LogP contribution in [-0.4, -0.2) is 16.9 Å². The molecule has 6 nitrogen and oxygen atoms in total. The average Bonchev–Trinajstić information content (AvgIpc) is 3.08. The highest BCUT2D eigenvalue weighted by molar-refractivity contribution is 7.14. The number of nitrogens with one attached hydrogen (secondary N) is 3. The van der Waals surface area contributed by atoms with E-state index in [1.54, 1.807) is 29.6 Å². The van der Waals surface area contributed by atoms with E-state index in [-0.39, 0.29) is 12.3 Å². The predicted molar refractivity (Wildman–Crippen MR) is 114 cm³/mol. The number of thiazole rings is 1. The van der Waals surface area contributed by atoms with Gasteiger partial charge in [-0.15, -0.1) is 11.3 Å². The van der Waals surface area contributed by atoms with Crippen LogP contribution in [0.1, 0.15) is 18.2 Å². The van der Waals surface area contributed by atoms with Crippen molar-refractivity contribution in [1.29, 1.82) is 0 Å². The lowest BCUT2D eigenvalue weighted by Crippen LogP contribution is -2.19. The molecule has 0 radical (unpaired) electrons. The number of nitrogens with zero attached hydrogens (tertiary/aromatic N) is 1. The fourth-order valence-electron chi connectivity index (χ4n) is 2.58. The molecule has 3 rings (SSSR count). The van der Waals surface area contributed by atoms with E-state index in [0.717, 1.165) is 17.7 Å². The first-order chi connectivity index (χ1) is 13.5. The number of anilines is 3. The largest absolute Gasteiger partial charge is 0.325 e. The number of halogens is 1. The second-order valence-electron chi connectivity index (χ2n) is 5.97. The first-order valence-corrected chi connectivity index (χ1v) is 9.95. The van der Waals surface area contributed by atoms with Gasteiger partial charge in [0.15, 0.2) is 5.13 Å². The van der Waals surface area contributed by atoms with Gasteiger partial charge in [-0.1, -0.05) is 42.8 Å². The molecule has 1 heterocycles. The Bertz CT molecular complexity index is 990. The zero-order valence-corrected chi connectivity index (χ0v) is 16.7. The molecule has 1 aromatic heterocycles. The van der Waals surface area contributed by atoms with Gasteiger partial charge in [-0.05, 0) is 36.2 Å². The Hall–Kier alpha value is -2.90. The van der Waals surface area contributed by atoms with E-state index < -0.39 is 6.03 Å². The minimum atomic E-state index is -0.426. The van der Waals surface area contributed by atoms with E-state index in [0.29, 0.717) is 21.5 Å². The lowest BCUT2D eigenvalue weighted by molar-refractivity contribution is -0.115. The number of hydrogen-bond donors (Lipinski definition) is 3. The van der Waals surface area contributed by atoms with Crippen LogP contribution in [0.5, 0.6) is 0 Å². The second-order valence-corrected chi connectivity index (χ2v) is 7.26. The molecule has 0 bridgehead atoms. The molecule has 0 saturated heterocycles. The number of aromatic nitrogens is 1. The lowest BCUT2D eigenvalue weighted by atomic mass is 10.1. The fraction of sp³-hybridized carbons (Fsp3) is 0.150. The summed E-state index contributed by atoms with van der Waals surface area (Å²) in [5.41, 5.74) is 3.06. The van der Waals surface area contributed by atoms with E-state index in [2.05, 4.69) is 20.9 Å². The Morgan fingerprint density at radius 3 is 2.68 bits per heavy atom. The van der Waals surface area contributed by atoms with Crippen molar-refractivity contribution >= 4 is 51.4 Å². The van der Waals surface area contributed by atoms with Crippen LogP contribution in [0, 0.1) is 0 Å². The molecular weight excluding hydrogens is 396 g/mol. The number of hydrogen-bond acceptors (Lipinski definition) is 4. The van der Waals surface area contributed by atoms with Crippen LogP contribution < -0.4 is 16.0 Å². The number of amides is 3. The maximum atomic E-state index is 12.3. The Labute approximate surface area is 172 Å². The van der Waals surface area contributed by atoms with Crippen molar-refractivity contribution in [2.75, 3.05) is 16.0 Å². The van der Waals surface area contributed by atoms with Crippen molar-refractivity contribution in [3.05, 3.63) is 70.2 Å². The average molecular weight is 415 g/mol. The molecule has 3 amide bonds. The van der Waals surface area contributed by atoms with Gasteiger partial charge in [0.05, 0.1) is 12.1 Å². The second kappa shape index (κ2) is 9.34. The molecule has 0 fully saturated rings. The van der Waals surface area contributed by atoms with Gasteiger partial charge < -0.3 is 10.6 Å². The van der Waals surface area contributed by atoms with Crippen LogP contribution in [0.4, 0.5) is 21.3 Å². The predicted octanol–water partition coefficient (Wildman–Crippen LogP) is 5.18. The molecule has 0 atom stereocenters. The summed E-state index contributed by atoms with van der Waals surface area (Å²) in [6.07, 6.45) is 0.967. The van der Waals surface area contributed by atoms with Crippen LogP contribution in [0.15, 0.2) is 53.9 Å². The molecule has 0 aliphatic heterocycles. The quantitative estimate of drug-likeness (QED) is 0.519. The van der Waals surface area contributed by atoms with Gasteiger partial charge in [0.25, 0.3) is 0 Å². The number of carbonyl (C=O) groups is 2. The summed E-state index contributed by atoms with van der Waals surface area (Å²) in [6.45, 7) is 2.04. The molecule has 8 heteroatoms. The first kappa shape index (κ1) is 19.9. The van der Waals surface area contributed by atoms with Gasteiger partial charge >= 0.3 is 6.03 Å². The topological polar surface area (TPSA) is 83.1 Å². The summed E-state index contributed by atoms with van der Waals surface area (Å²) in [5, 5.41) is 10.9. The van der Waals surface area contributed by atoms with Crippen molar-refractivity contribution in [3.63, 3.8) is 0 Å². The maximum absolute atomic E-state index is 12.3. The number of rotatable bonds is 6. The Morgan fingerprint density at radius 1 is 1.07 bits per heavy atom. The van der Waals surface area contributed by atoms with Gasteiger partial charge in [0.2, 0.25) is 5.91 Å². The van der Waals surface area contributed by atoms with Crippen molar-refractivity contribution in [3.8, 4) is 0 Å². The maximum Gasteiger partial charge on any atom is 0.325 e. The van der Waals surface area contributed by atoms with E-state index >= 15 is 0 Å². The normalized spacial score (nSPS) is 10.4. The van der Waals surface area contributed by atoms with E-state index in [1.807, 2.05) is 31.2 Å².